The fourth-order valence-corrected chi connectivity index (χ4v) is 4.27. The van der Waals surface area contributed by atoms with E-state index >= 15 is 0 Å². The van der Waals surface area contributed by atoms with Gasteiger partial charge in [0.2, 0.25) is 0 Å². The number of rotatable bonds is 2. The average Bonchev–Trinajstić information content (AvgIpc) is 2.73. The predicted octanol–water partition coefficient (Wildman–Crippen LogP) is 5.82. The normalized spacial score (nSPS) is 25.0. The van der Waals surface area contributed by atoms with Crippen molar-refractivity contribution in [2.45, 2.75) is 38.0 Å². The van der Waals surface area contributed by atoms with Crippen molar-refractivity contribution in [3.05, 3.63) is 77.4 Å². The van der Waals surface area contributed by atoms with Crippen molar-refractivity contribution in [1.82, 2.24) is 0 Å². The fraction of sp³-hybridized carbons (Fsp3) is 0.333. The van der Waals surface area contributed by atoms with Gasteiger partial charge in [0, 0.05) is 5.92 Å². The monoisotopic (exact) mass is 274 g/mol. The van der Waals surface area contributed by atoms with E-state index in [0.717, 1.165) is 5.92 Å². The summed E-state index contributed by atoms with van der Waals surface area (Å²) in [5.41, 5.74) is 6.34. The highest BCUT2D eigenvalue weighted by molar-refractivity contribution is 5.81. The van der Waals surface area contributed by atoms with Crippen LogP contribution in [0.4, 0.5) is 0 Å². The Morgan fingerprint density at radius 1 is 0.714 bits per heavy atom. The molecular weight excluding hydrogens is 252 g/mol. The summed E-state index contributed by atoms with van der Waals surface area (Å²) in [5, 5.41) is 0. The molecule has 4 rings (SSSR count). The Balaban J connectivity index is 1.80. The standard InChI is InChI=1S/C21H22/c1-4-10-16(11-5-1)20-18-14-8-3-9-15-19(18)21(20)17-12-6-2-7-13-17/h1-2,4-7,10-13,18,20H,3,8-9,14-15H2. The molecule has 0 saturated heterocycles. The predicted molar refractivity (Wildman–Crippen MR) is 89.1 cm³/mol. The van der Waals surface area contributed by atoms with E-state index in [2.05, 4.69) is 60.7 Å². The van der Waals surface area contributed by atoms with Crippen LogP contribution in [0, 0.1) is 5.92 Å². The van der Waals surface area contributed by atoms with Gasteiger partial charge in [0.25, 0.3) is 0 Å². The topological polar surface area (TPSA) is 0 Å². The van der Waals surface area contributed by atoms with E-state index in [1.54, 1.807) is 11.1 Å². The van der Waals surface area contributed by atoms with Crippen molar-refractivity contribution in [3.8, 4) is 0 Å². The molecule has 0 aromatic heterocycles. The SMILES string of the molecule is c1ccc(C2=C3CCCCCC3C2c2ccccc2)cc1. The van der Waals surface area contributed by atoms with E-state index in [0.29, 0.717) is 5.92 Å². The Labute approximate surface area is 127 Å². The highest BCUT2D eigenvalue weighted by Gasteiger charge is 2.41. The van der Waals surface area contributed by atoms with Crippen molar-refractivity contribution in [2.24, 2.45) is 5.92 Å². The first-order valence-electron chi connectivity index (χ1n) is 8.28. The molecule has 2 aromatic carbocycles. The number of fused-ring (bicyclic) bond motifs is 1. The van der Waals surface area contributed by atoms with Crippen LogP contribution < -0.4 is 0 Å². The van der Waals surface area contributed by atoms with E-state index in [-0.39, 0.29) is 0 Å². The zero-order valence-corrected chi connectivity index (χ0v) is 12.5. The van der Waals surface area contributed by atoms with Gasteiger partial charge in [-0.15, -0.1) is 0 Å². The molecule has 1 saturated carbocycles. The summed E-state index contributed by atoms with van der Waals surface area (Å²) in [6.07, 6.45) is 6.89. The first kappa shape index (κ1) is 12.9. The smallest absolute Gasteiger partial charge is 0.0161 e. The molecule has 2 aromatic rings. The lowest BCUT2D eigenvalue weighted by molar-refractivity contribution is 0.467. The van der Waals surface area contributed by atoms with Crippen molar-refractivity contribution < 1.29 is 0 Å². The second-order valence-electron chi connectivity index (χ2n) is 6.40. The Morgan fingerprint density at radius 3 is 2.19 bits per heavy atom. The molecule has 2 aliphatic carbocycles. The molecule has 21 heavy (non-hydrogen) atoms. The lowest BCUT2D eigenvalue weighted by atomic mass is 9.61. The van der Waals surface area contributed by atoms with Gasteiger partial charge in [-0.05, 0) is 41.9 Å². The third-order valence-corrected chi connectivity index (χ3v) is 5.21. The van der Waals surface area contributed by atoms with Crippen LogP contribution in [-0.2, 0) is 0 Å². The minimum Gasteiger partial charge on any atom is -0.0622 e. The minimum atomic E-state index is 0.627. The second kappa shape index (κ2) is 5.52. The quantitative estimate of drug-likeness (QED) is 0.647. The van der Waals surface area contributed by atoms with E-state index in [1.807, 2.05) is 0 Å². The lowest BCUT2D eigenvalue weighted by Gasteiger charge is -2.43. The van der Waals surface area contributed by atoms with Crippen molar-refractivity contribution in [1.29, 1.82) is 0 Å². The number of hydrogen-bond acceptors (Lipinski definition) is 0. The van der Waals surface area contributed by atoms with Gasteiger partial charge >= 0.3 is 0 Å². The minimum absolute atomic E-state index is 0.627. The van der Waals surface area contributed by atoms with E-state index in [1.165, 1.54) is 43.2 Å². The Hall–Kier alpha value is -1.82. The molecule has 106 valence electrons. The second-order valence-corrected chi connectivity index (χ2v) is 6.40. The third kappa shape index (κ3) is 2.23. The van der Waals surface area contributed by atoms with Crippen LogP contribution in [0.3, 0.4) is 0 Å². The fourth-order valence-electron chi connectivity index (χ4n) is 4.27. The number of hydrogen-bond donors (Lipinski definition) is 0. The molecule has 0 aliphatic heterocycles. The van der Waals surface area contributed by atoms with Gasteiger partial charge in [0.1, 0.15) is 0 Å². The zero-order valence-electron chi connectivity index (χ0n) is 12.5. The van der Waals surface area contributed by atoms with Gasteiger partial charge in [-0.3, -0.25) is 0 Å². The largest absolute Gasteiger partial charge is 0.0622 e. The molecule has 0 amide bonds. The summed E-state index contributed by atoms with van der Waals surface area (Å²) in [4.78, 5) is 0. The van der Waals surface area contributed by atoms with Crippen molar-refractivity contribution >= 4 is 5.57 Å². The van der Waals surface area contributed by atoms with Crippen LogP contribution in [0.1, 0.15) is 49.1 Å². The summed E-state index contributed by atoms with van der Waals surface area (Å²) in [6.45, 7) is 0. The van der Waals surface area contributed by atoms with Crippen LogP contribution in [-0.4, -0.2) is 0 Å². The molecule has 2 atom stereocenters. The molecule has 0 heterocycles. The molecule has 0 heteroatoms. The molecule has 0 radical (unpaired) electrons. The molecule has 0 bridgehead atoms. The van der Waals surface area contributed by atoms with E-state index in [4.69, 9.17) is 0 Å². The van der Waals surface area contributed by atoms with Gasteiger partial charge in [-0.1, -0.05) is 79.1 Å². The number of allylic oxidation sites excluding steroid dienone is 2. The van der Waals surface area contributed by atoms with Crippen molar-refractivity contribution in [3.63, 3.8) is 0 Å². The van der Waals surface area contributed by atoms with E-state index < -0.39 is 0 Å². The highest BCUT2D eigenvalue weighted by atomic mass is 14.4. The summed E-state index contributed by atoms with van der Waals surface area (Å²) >= 11 is 0. The van der Waals surface area contributed by atoms with Crippen molar-refractivity contribution in [2.75, 3.05) is 0 Å². The molecule has 1 fully saturated rings. The van der Waals surface area contributed by atoms with Gasteiger partial charge in [-0.2, -0.15) is 0 Å². The maximum absolute atomic E-state index is 2.31. The summed E-state index contributed by atoms with van der Waals surface area (Å²) in [7, 11) is 0. The highest BCUT2D eigenvalue weighted by Crippen LogP contribution is 2.57. The lowest BCUT2D eigenvalue weighted by Crippen LogP contribution is -2.27. The van der Waals surface area contributed by atoms with Gasteiger partial charge < -0.3 is 0 Å². The first-order chi connectivity index (χ1) is 10.4. The van der Waals surface area contributed by atoms with Crippen LogP contribution in [0.25, 0.3) is 5.57 Å². The van der Waals surface area contributed by atoms with E-state index in [9.17, 15) is 0 Å². The molecule has 0 nitrogen and oxygen atoms in total. The van der Waals surface area contributed by atoms with Crippen LogP contribution >= 0.6 is 0 Å². The van der Waals surface area contributed by atoms with Gasteiger partial charge in [0.05, 0.1) is 0 Å². The summed E-state index contributed by atoms with van der Waals surface area (Å²) in [5.74, 6) is 1.42. The Bertz CT molecular complexity index is 636. The maximum atomic E-state index is 2.31. The van der Waals surface area contributed by atoms with Crippen LogP contribution in [0.5, 0.6) is 0 Å². The number of benzene rings is 2. The van der Waals surface area contributed by atoms with Gasteiger partial charge in [0.15, 0.2) is 0 Å². The summed E-state index contributed by atoms with van der Waals surface area (Å²) in [6, 6.07) is 22.2. The molecule has 0 spiro atoms. The summed E-state index contributed by atoms with van der Waals surface area (Å²) < 4.78 is 0. The zero-order chi connectivity index (χ0) is 14.1. The first-order valence-corrected chi connectivity index (χ1v) is 8.28. The Morgan fingerprint density at radius 2 is 1.43 bits per heavy atom. The van der Waals surface area contributed by atoms with Crippen LogP contribution in [0.2, 0.25) is 0 Å². The maximum Gasteiger partial charge on any atom is 0.0161 e. The van der Waals surface area contributed by atoms with Gasteiger partial charge in [-0.25, -0.2) is 0 Å². The molecule has 2 unspecified atom stereocenters. The average molecular weight is 274 g/mol. The third-order valence-electron chi connectivity index (χ3n) is 5.21. The molecular formula is C21H22. The molecule has 0 N–H and O–H groups in total. The Kier molecular flexibility index (Phi) is 3.39. The molecule has 2 aliphatic rings. The van der Waals surface area contributed by atoms with Crippen LogP contribution in [0.15, 0.2) is 66.2 Å².